The number of aryl methyl sites for hydroxylation is 3. The zero-order chi connectivity index (χ0) is 28.8. The predicted molar refractivity (Wildman–Crippen MR) is 168 cm³/mol. The molecule has 0 saturated carbocycles. The summed E-state index contributed by atoms with van der Waals surface area (Å²) >= 11 is 0. The van der Waals surface area contributed by atoms with Crippen molar-refractivity contribution >= 4 is 38.1 Å². The van der Waals surface area contributed by atoms with Gasteiger partial charge in [-0.05, 0) is 95.4 Å². The first kappa shape index (κ1) is 31.2. The first-order chi connectivity index (χ1) is 18.3. The summed E-state index contributed by atoms with van der Waals surface area (Å²) in [6.07, 6.45) is 1.95. The Balaban J connectivity index is 0.000000431. The van der Waals surface area contributed by atoms with Crippen molar-refractivity contribution in [3.8, 4) is 11.3 Å². The molecule has 1 radical (unpaired) electrons. The Kier molecular flexibility index (Phi) is 9.39. The molecule has 0 spiro atoms. The summed E-state index contributed by atoms with van der Waals surface area (Å²) in [5.74, 6) is 0.343. The summed E-state index contributed by atoms with van der Waals surface area (Å²) in [5.41, 5.74) is 11.9. The first-order valence-corrected chi connectivity index (χ1v) is 13.4. The smallest absolute Gasteiger partial charge is 0.319 e. The molecule has 0 saturated heterocycles. The molecule has 1 heterocycles. The quantitative estimate of drug-likeness (QED) is 0.0653. The second-order valence-electron chi connectivity index (χ2n) is 10.8. The molecule has 209 valence electrons. The molecule has 0 atom stereocenters. The van der Waals surface area contributed by atoms with E-state index in [1.807, 2.05) is 6.20 Å². The molecule has 5 aromatic rings. The van der Waals surface area contributed by atoms with Gasteiger partial charge in [0.15, 0.2) is 0 Å². The minimum absolute atomic E-state index is 0. The molecule has 2 N–H and O–H groups in total. The van der Waals surface area contributed by atoms with Gasteiger partial charge in [-0.3, -0.25) is 4.79 Å². The number of rotatable bonds is 2. The molecule has 5 rings (SSSR count). The van der Waals surface area contributed by atoms with E-state index in [4.69, 9.17) is 14.9 Å². The third-order valence-corrected chi connectivity index (χ3v) is 8.60. The fraction of sp³-hybridized carbons (Fsp3) is 0.278. The molecule has 3 nitrogen and oxygen atoms in total. The van der Waals surface area contributed by atoms with Crippen LogP contribution >= 0.6 is 0 Å². The molecule has 4 heteroatoms. The van der Waals surface area contributed by atoms with Crippen molar-refractivity contribution in [2.75, 3.05) is 0 Å². The van der Waals surface area contributed by atoms with Gasteiger partial charge < -0.3 is 10.1 Å². The van der Waals surface area contributed by atoms with Crippen LogP contribution in [-0.4, -0.2) is 20.7 Å². The molecule has 0 amide bonds. The largest absolute Gasteiger partial charge is 0.512 e. The molecule has 0 fully saturated rings. The van der Waals surface area contributed by atoms with Gasteiger partial charge in [0.1, 0.15) is 5.76 Å². The van der Waals surface area contributed by atoms with Gasteiger partial charge in [-0.25, -0.2) is 0 Å². The van der Waals surface area contributed by atoms with Crippen LogP contribution < -0.4 is 0 Å². The number of aliphatic hydroxyl groups excluding tert-OH is 1. The number of fused-ring (bicyclic) bond motifs is 5. The molecule has 40 heavy (non-hydrogen) atoms. The normalized spacial score (nSPS) is 11.7. The molecule has 0 aliphatic carbocycles. The Morgan fingerprint density at radius 2 is 1.23 bits per heavy atom. The summed E-state index contributed by atoms with van der Waals surface area (Å²) in [6, 6.07) is 17.2. The number of pyridine rings is 1. The van der Waals surface area contributed by atoms with E-state index < -0.39 is 0 Å². The Morgan fingerprint density at radius 1 is 0.675 bits per heavy atom. The van der Waals surface area contributed by atoms with E-state index in [0.717, 1.165) is 11.3 Å². The predicted octanol–water partition coefficient (Wildman–Crippen LogP) is 9.57. The Labute approximate surface area is 251 Å². The van der Waals surface area contributed by atoms with Gasteiger partial charge in [0.25, 0.3) is 0 Å². The number of aromatic nitrogens is 1. The van der Waals surface area contributed by atoms with Crippen LogP contribution in [0, 0.1) is 54.5 Å². The van der Waals surface area contributed by atoms with Crippen LogP contribution in [0.15, 0.2) is 53.9 Å². The van der Waals surface area contributed by atoms with Crippen LogP contribution in [0.2, 0.25) is 0 Å². The van der Waals surface area contributed by atoms with Gasteiger partial charge in [-0.15, -0.1) is 33.9 Å². The third-order valence-electron chi connectivity index (χ3n) is 8.60. The third kappa shape index (κ3) is 5.48. The van der Waals surface area contributed by atoms with E-state index in [2.05, 4.69) is 90.9 Å². The van der Waals surface area contributed by atoms with Crippen LogP contribution in [0.5, 0.6) is 0 Å². The maximum absolute atomic E-state index is 8.69. The van der Waals surface area contributed by atoms with Gasteiger partial charge in [0.2, 0.25) is 0 Å². The Hall–Kier alpha value is -3.33. The molecule has 4 aromatic carbocycles. The fourth-order valence-corrected chi connectivity index (χ4v) is 5.22. The maximum Gasteiger partial charge on any atom is 0.319 e. The van der Waals surface area contributed by atoms with Crippen LogP contribution in [0.3, 0.4) is 0 Å². The molecule has 0 unspecified atom stereocenters. The van der Waals surface area contributed by atoms with Crippen LogP contribution in [0.25, 0.3) is 43.6 Å². The summed E-state index contributed by atoms with van der Waals surface area (Å²) in [6.45, 7) is 20.1. The summed E-state index contributed by atoms with van der Waals surface area (Å²) in [4.78, 5) is 13.5. The van der Waals surface area contributed by atoms with Crippen molar-refractivity contribution in [2.24, 2.45) is 0 Å². The number of hydrogen-bond acceptors (Lipinski definition) is 2. The fourth-order valence-electron chi connectivity index (χ4n) is 5.22. The van der Waals surface area contributed by atoms with Crippen molar-refractivity contribution in [3.05, 3.63) is 98.9 Å². The second kappa shape index (κ2) is 12.0. The maximum atomic E-state index is 8.69. The van der Waals surface area contributed by atoms with Crippen LogP contribution in [0.1, 0.15) is 59.7 Å². The molecular weight excluding hydrogens is 671 g/mol. The number of allylic oxidation sites excluding steroid dienone is 2. The number of aliphatic hydroxyl groups is 1. The SMILES string of the molecule is CC(=[OH+])C(C)=C(C)O.Cc1[c-]c(-c2nccc3c2ccc2c4cc(C)c(C)c(C)c4ccc32)c(C)c(C)c1C.[Ir]. The summed E-state index contributed by atoms with van der Waals surface area (Å²) in [7, 11) is 0. The van der Waals surface area contributed by atoms with Gasteiger partial charge in [-0.2, -0.15) is 0 Å². The van der Waals surface area contributed by atoms with E-state index in [9.17, 15) is 0 Å². The number of nitrogens with zero attached hydrogens (tertiary/aromatic N) is 1. The molecule has 1 aromatic heterocycles. The van der Waals surface area contributed by atoms with Crippen molar-refractivity contribution < 1.29 is 30.0 Å². The topological polar surface area (TPSA) is 54.5 Å². The molecule has 0 bridgehead atoms. The van der Waals surface area contributed by atoms with E-state index in [1.54, 1.807) is 6.92 Å². The number of carbonyl (C=O) groups excluding carboxylic acids is 1. The monoisotopic (exact) mass is 710 g/mol. The first-order valence-electron chi connectivity index (χ1n) is 13.4. The van der Waals surface area contributed by atoms with E-state index >= 15 is 0 Å². The van der Waals surface area contributed by atoms with Gasteiger partial charge in [0, 0.05) is 26.3 Å². The van der Waals surface area contributed by atoms with E-state index in [1.165, 1.54) is 85.1 Å². The average molecular weight is 710 g/mol. The zero-order valence-corrected chi connectivity index (χ0v) is 27.6. The minimum Gasteiger partial charge on any atom is -0.512 e. The van der Waals surface area contributed by atoms with Crippen LogP contribution in [0.4, 0.5) is 0 Å². The van der Waals surface area contributed by atoms with Crippen LogP contribution in [-0.2, 0) is 20.1 Å². The average Bonchev–Trinajstić information content (AvgIpc) is 2.91. The summed E-state index contributed by atoms with van der Waals surface area (Å²) in [5, 5.41) is 16.4. The zero-order valence-electron chi connectivity index (χ0n) is 25.2. The van der Waals surface area contributed by atoms with Crippen molar-refractivity contribution in [3.63, 3.8) is 0 Å². The van der Waals surface area contributed by atoms with E-state index in [0.29, 0.717) is 5.57 Å². The van der Waals surface area contributed by atoms with Crippen molar-refractivity contribution in [1.29, 1.82) is 0 Å². The van der Waals surface area contributed by atoms with Gasteiger partial charge in [-0.1, -0.05) is 58.0 Å². The van der Waals surface area contributed by atoms with Gasteiger partial charge in [0.05, 0.1) is 12.5 Å². The molecule has 0 aliphatic heterocycles. The Morgan fingerprint density at radius 3 is 1.80 bits per heavy atom. The van der Waals surface area contributed by atoms with E-state index in [-0.39, 0.29) is 31.6 Å². The molecular formula is C36H39IrNO2. The second-order valence-corrected chi connectivity index (χ2v) is 10.8. The number of benzene rings is 4. The Bertz CT molecular complexity index is 1830. The summed E-state index contributed by atoms with van der Waals surface area (Å²) < 4.78 is 0. The van der Waals surface area contributed by atoms with Crippen molar-refractivity contribution in [1.82, 2.24) is 4.98 Å². The van der Waals surface area contributed by atoms with Gasteiger partial charge >= 0.3 is 5.78 Å². The minimum atomic E-state index is 0. The molecule has 0 aliphatic rings. The standard InChI is InChI=1S/C30H28N.C6H10O2.Ir/c1-16-14-28(22(7)20(5)18(16)3)30-27-11-10-25-24(26(27)12-13-31-30)9-8-23-21(6)19(4)17(2)15-29(23)25;1-4(5(2)7)6(3)8;/h8-13,15H,1-7H3;7H,1-3H3;/q-1;;/p+1. The number of ketones is 1. The number of hydrogen-bond donors (Lipinski definition) is 1. The van der Waals surface area contributed by atoms with Crippen molar-refractivity contribution in [2.45, 2.75) is 69.2 Å².